The van der Waals surface area contributed by atoms with E-state index in [0.717, 1.165) is 24.0 Å². The summed E-state index contributed by atoms with van der Waals surface area (Å²) in [6, 6.07) is 5.69. The fourth-order valence-corrected chi connectivity index (χ4v) is 4.13. The number of hydrogen-bond donors (Lipinski definition) is 0. The topological polar surface area (TPSA) is 6.48 Å². The molecule has 1 aliphatic carbocycles. The lowest BCUT2D eigenvalue weighted by Crippen LogP contribution is -2.42. The lowest BCUT2D eigenvalue weighted by molar-refractivity contribution is 0.214. The van der Waals surface area contributed by atoms with Crippen molar-refractivity contribution in [1.29, 1.82) is 0 Å². The van der Waals surface area contributed by atoms with Gasteiger partial charge in [-0.1, -0.05) is 18.5 Å². The lowest BCUT2D eigenvalue weighted by atomic mass is 9.88. The van der Waals surface area contributed by atoms with E-state index in [0.29, 0.717) is 6.04 Å². The van der Waals surface area contributed by atoms with Gasteiger partial charge in [-0.2, -0.15) is 0 Å². The zero-order chi connectivity index (χ0) is 16.3. The maximum Gasteiger partial charge on any atom is 0.0429 e. The van der Waals surface area contributed by atoms with Gasteiger partial charge in [-0.15, -0.1) is 0 Å². The monoisotopic (exact) mass is 322 g/mol. The molecule has 0 aliphatic heterocycles. The van der Waals surface area contributed by atoms with Gasteiger partial charge in [0.25, 0.3) is 0 Å². The molecule has 0 aromatic heterocycles. The van der Waals surface area contributed by atoms with Crippen molar-refractivity contribution in [2.24, 2.45) is 0 Å². The average Bonchev–Trinajstić information content (AvgIpc) is 2.51. The van der Waals surface area contributed by atoms with Gasteiger partial charge in [-0.3, -0.25) is 0 Å². The van der Waals surface area contributed by atoms with E-state index < -0.39 is 0 Å². The van der Waals surface area contributed by atoms with E-state index in [4.69, 9.17) is 11.6 Å². The van der Waals surface area contributed by atoms with Crippen LogP contribution in [0.5, 0.6) is 0 Å². The first-order chi connectivity index (χ1) is 10.5. The number of anilines is 1. The predicted molar refractivity (Wildman–Crippen MR) is 98.3 cm³/mol. The van der Waals surface area contributed by atoms with Crippen LogP contribution in [0.1, 0.15) is 50.7 Å². The van der Waals surface area contributed by atoms with Crippen LogP contribution in [0.25, 0.3) is 0 Å². The van der Waals surface area contributed by atoms with E-state index in [-0.39, 0.29) is 0 Å². The molecule has 0 atom stereocenters. The minimum atomic E-state index is 0.656. The first-order valence-corrected chi connectivity index (χ1v) is 9.07. The molecular formula is C19H31ClN2. The highest BCUT2D eigenvalue weighted by Gasteiger charge is 2.27. The first-order valence-electron chi connectivity index (χ1n) is 8.70. The normalized spacial score (nSPS) is 22.1. The highest BCUT2D eigenvalue weighted by atomic mass is 35.5. The third-order valence-corrected chi connectivity index (χ3v) is 5.54. The molecule has 124 valence electrons. The van der Waals surface area contributed by atoms with Crippen molar-refractivity contribution in [1.82, 2.24) is 4.90 Å². The van der Waals surface area contributed by atoms with E-state index in [1.807, 2.05) is 0 Å². The van der Waals surface area contributed by atoms with E-state index in [1.165, 1.54) is 42.5 Å². The molecule has 0 amide bonds. The maximum absolute atomic E-state index is 6.37. The van der Waals surface area contributed by atoms with Gasteiger partial charge >= 0.3 is 0 Å². The molecule has 0 N–H and O–H groups in total. The van der Waals surface area contributed by atoms with Gasteiger partial charge in [-0.25, -0.2) is 0 Å². The van der Waals surface area contributed by atoms with Crippen molar-refractivity contribution < 1.29 is 0 Å². The van der Waals surface area contributed by atoms with Crippen molar-refractivity contribution in [3.63, 3.8) is 0 Å². The molecule has 0 saturated heterocycles. The van der Waals surface area contributed by atoms with Gasteiger partial charge in [-0.05, 0) is 83.3 Å². The minimum absolute atomic E-state index is 0.656. The molecule has 22 heavy (non-hydrogen) atoms. The average molecular weight is 323 g/mol. The summed E-state index contributed by atoms with van der Waals surface area (Å²) in [5, 5.41) is 0.873. The first kappa shape index (κ1) is 17.6. The fourth-order valence-electron chi connectivity index (χ4n) is 3.90. The Balaban J connectivity index is 2.21. The SMILES string of the molecule is CCc1cc(Cl)cc(N(CC)C2CCC(N(C)C)CC2)c1C. The van der Waals surface area contributed by atoms with Crippen molar-refractivity contribution in [2.75, 3.05) is 25.5 Å². The number of rotatable bonds is 5. The molecule has 0 radical (unpaired) electrons. The van der Waals surface area contributed by atoms with E-state index in [1.54, 1.807) is 0 Å². The van der Waals surface area contributed by atoms with E-state index in [2.05, 4.69) is 56.8 Å². The molecule has 1 fully saturated rings. The van der Waals surface area contributed by atoms with Crippen molar-refractivity contribution in [3.8, 4) is 0 Å². The number of hydrogen-bond acceptors (Lipinski definition) is 2. The van der Waals surface area contributed by atoms with Gasteiger partial charge in [0, 0.05) is 29.3 Å². The molecule has 1 aromatic carbocycles. The van der Waals surface area contributed by atoms with Crippen LogP contribution in [0.4, 0.5) is 5.69 Å². The summed E-state index contributed by atoms with van der Waals surface area (Å²) in [5.41, 5.74) is 4.13. The fraction of sp³-hybridized carbons (Fsp3) is 0.684. The minimum Gasteiger partial charge on any atom is -0.369 e. The highest BCUT2D eigenvalue weighted by Crippen LogP contribution is 2.34. The molecule has 1 aliphatic rings. The highest BCUT2D eigenvalue weighted by molar-refractivity contribution is 6.31. The Kier molecular flexibility index (Phi) is 6.17. The molecule has 0 unspecified atom stereocenters. The zero-order valence-electron chi connectivity index (χ0n) is 14.8. The number of aryl methyl sites for hydroxylation is 1. The summed E-state index contributed by atoms with van der Waals surface area (Å²) in [6.07, 6.45) is 6.21. The quantitative estimate of drug-likeness (QED) is 0.760. The second kappa shape index (κ2) is 7.70. The third kappa shape index (κ3) is 3.78. The predicted octanol–water partition coefficient (Wildman–Crippen LogP) is 4.91. The van der Waals surface area contributed by atoms with Crippen LogP contribution >= 0.6 is 11.6 Å². The summed E-state index contributed by atoms with van der Waals surface area (Å²) < 4.78 is 0. The Bertz CT molecular complexity index is 490. The van der Waals surface area contributed by atoms with Gasteiger partial charge < -0.3 is 9.80 Å². The van der Waals surface area contributed by atoms with Gasteiger partial charge in [0.1, 0.15) is 0 Å². The van der Waals surface area contributed by atoms with Crippen LogP contribution in [0.3, 0.4) is 0 Å². The Morgan fingerprint density at radius 1 is 1.05 bits per heavy atom. The number of nitrogens with zero attached hydrogens (tertiary/aromatic N) is 2. The van der Waals surface area contributed by atoms with Gasteiger partial charge in [0.05, 0.1) is 0 Å². The third-order valence-electron chi connectivity index (χ3n) is 5.32. The Labute approximate surface area is 141 Å². The van der Waals surface area contributed by atoms with Crippen molar-refractivity contribution >= 4 is 17.3 Å². The standard InChI is InChI=1S/C19H31ClN2/c1-6-15-12-16(20)13-19(14(15)3)22(7-2)18-10-8-17(9-11-18)21(4)5/h12-13,17-18H,6-11H2,1-5H3. The smallest absolute Gasteiger partial charge is 0.0429 e. The van der Waals surface area contributed by atoms with Crippen molar-refractivity contribution in [2.45, 2.75) is 65.0 Å². The largest absolute Gasteiger partial charge is 0.369 e. The molecule has 0 heterocycles. The van der Waals surface area contributed by atoms with Crippen LogP contribution in [0.2, 0.25) is 5.02 Å². The molecule has 3 heteroatoms. The lowest BCUT2D eigenvalue weighted by Gasteiger charge is -2.40. The molecule has 0 bridgehead atoms. The summed E-state index contributed by atoms with van der Waals surface area (Å²) >= 11 is 6.37. The second-order valence-electron chi connectivity index (χ2n) is 6.77. The summed E-state index contributed by atoms with van der Waals surface area (Å²) in [6.45, 7) is 7.78. The van der Waals surface area contributed by atoms with Crippen LogP contribution in [-0.4, -0.2) is 37.6 Å². The molecule has 1 aromatic rings. The molecule has 2 rings (SSSR count). The summed E-state index contributed by atoms with van der Waals surface area (Å²) in [5.74, 6) is 0. The van der Waals surface area contributed by atoms with Crippen LogP contribution in [0.15, 0.2) is 12.1 Å². The summed E-state index contributed by atoms with van der Waals surface area (Å²) in [7, 11) is 4.41. The van der Waals surface area contributed by atoms with Crippen LogP contribution in [-0.2, 0) is 6.42 Å². The number of halogens is 1. The molecule has 1 saturated carbocycles. The Hall–Kier alpha value is -0.730. The van der Waals surface area contributed by atoms with Crippen molar-refractivity contribution in [3.05, 3.63) is 28.3 Å². The summed E-state index contributed by atoms with van der Waals surface area (Å²) in [4.78, 5) is 4.97. The maximum atomic E-state index is 6.37. The second-order valence-corrected chi connectivity index (χ2v) is 7.21. The molecule has 0 spiro atoms. The van der Waals surface area contributed by atoms with Crippen LogP contribution in [0, 0.1) is 6.92 Å². The Morgan fingerprint density at radius 3 is 2.14 bits per heavy atom. The molecular weight excluding hydrogens is 292 g/mol. The van der Waals surface area contributed by atoms with Gasteiger partial charge in [0.15, 0.2) is 0 Å². The zero-order valence-corrected chi connectivity index (χ0v) is 15.6. The number of benzene rings is 1. The van der Waals surface area contributed by atoms with E-state index >= 15 is 0 Å². The van der Waals surface area contributed by atoms with E-state index in [9.17, 15) is 0 Å². The Morgan fingerprint density at radius 2 is 1.64 bits per heavy atom. The van der Waals surface area contributed by atoms with Crippen LogP contribution < -0.4 is 4.90 Å². The van der Waals surface area contributed by atoms with Gasteiger partial charge in [0.2, 0.25) is 0 Å². The molecule has 2 nitrogen and oxygen atoms in total.